The van der Waals surface area contributed by atoms with Crippen molar-refractivity contribution in [2.45, 2.75) is 27.3 Å². The van der Waals surface area contributed by atoms with Gasteiger partial charge in [0.05, 0.1) is 0 Å². The molecule has 0 spiro atoms. The van der Waals surface area contributed by atoms with E-state index in [1.54, 1.807) is 18.2 Å². The van der Waals surface area contributed by atoms with Crippen molar-refractivity contribution in [3.05, 3.63) is 101 Å². The summed E-state index contributed by atoms with van der Waals surface area (Å²) in [5, 5.41) is 12.1. The number of phenols is 1. The molecule has 0 aliphatic rings. The van der Waals surface area contributed by atoms with Gasteiger partial charge in [-0.15, -0.1) is 0 Å². The van der Waals surface area contributed by atoms with E-state index in [1.165, 1.54) is 17.2 Å². The Hall–Kier alpha value is -3.27. The van der Waals surface area contributed by atoms with Crippen LogP contribution in [0.2, 0.25) is 0 Å². The lowest BCUT2D eigenvalue weighted by molar-refractivity contribution is -0.114. The summed E-state index contributed by atoms with van der Waals surface area (Å²) in [4.78, 5) is 11.0. The van der Waals surface area contributed by atoms with Gasteiger partial charge in [0, 0.05) is 17.8 Å². The first kappa shape index (κ1) is 21.8. The number of aryl methyl sites for hydroxylation is 2. The molecule has 4 N–H and O–H groups in total. The van der Waals surface area contributed by atoms with Crippen LogP contribution in [0, 0.1) is 13.8 Å². The minimum absolute atomic E-state index is 0.338. The van der Waals surface area contributed by atoms with E-state index in [4.69, 9.17) is 10.8 Å². The minimum Gasteiger partial charge on any atom is -0.508 e. The number of nitrogens with two attached hydrogens (primary N) is 1. The van der Waals surface area contributed by atoms with Crippen LogP contribution >= 0.6 is 0 Å². The van der Waals surface area contributed by atoms with Gasteiger partial charge in [0.2, 0.25) is 5.91 Å². The molecule has 142 valence electrons. The normalized spacial score (nSPS) is 11.2. The van der Waals surface area contributed by atoms with Gasteiger partial charge in [0.1, 0.15) is 5.75 Å². The fourth-order valence-corrected chi connectivity index (χ4v) is 2.22. The van der Waals surface area contributed by atoms with Crippen molar-refractivity contribution in [3.63, 3.8) is 0 Å². The Kier molecular flexibility index (Phi) is 9.16. The van der Waals surface area contributed by atoms with Crippen LogP contribution in [-0.2, 0) is 11.3 Å². The lowest BCUT2D eigenvalue weighted by Gasteiger charge is -2.07. The van der Waals surface area contributed by atoms with Crippen molar-refractivity contribution in [1.29, 1.82) is 0 Å². The van der Waals surface area contributed by atoms with Gasteiger partial charge < -0.3 is 16.2 Å². The van der Waals surface area contributed by atoms with Crippen LogP contribution in [0.3, 0.4) is 0 Å². The molecule has 0 bridgehead atoms. The van der Waals surface area contributed by atoms with Crippen LogP contribution < -0.4 is 11.1 Å². The monoisotopic (exact) mass is 364 g/mol. The third-order valence-electron chi connectivity index (χ3n) is 3.67. The Morgan fingerprint density at radius 2 is 1.74 bits per heavy atom. The summed E-state index contributed by atoms with van der Waals surface area (Å²) in [5.41, 5.74) is 10.1. The average molecular weight is 364 g/mol. The first-order valence-corrected chi connectivity index (χ1v) is 8.67. The highest BCUT2D eigenvalue weighted by Gasteiger charge is 1.97. The van der Waals surface area contributed by atoms with E-state index in [2.05, 4.69) is 37.0 Å². The van der Waals surface area contributed by atoms with Gasteiger partial charge in [0.15, 0.2) is 0 Å². The Morgan fingerprint density at radius 3 is 2.22 bits per heavy atom. The first-order chi connectivity index (χ1) is 12.8. The van der Waals surface area contributed by atoms with Crippen molar-refractivity contribution >= 4 is 5.91 Å². The molecule has 0 aliphatic heterocycles. The molecule has 0 saturated heterocycles. The van der Waals surface area contributed by atoms with E-state index >= 15 is 0 Å². The predicted octanol–water partition coefficient (Wildman–Crippen LogP) is 4.29. The van der Waals surface area contributed by atoms with Crippen LogP contribution in [0.5, 0.6) is 5.75 Å². The van der Waals surface area contributed by atoms with E-state index in [1.807, 2.05) is 38.1 Å². The molecule has 2 rings (SSSR count). The number of aromatic hydroxyl groups is 1. The van der Waals surface area contributed by atoms with Crippen LogP contribution in [0.25, 0.3) is 0 Å². The summed E-state index contributed by atoms with van der Waals surface area (Å²) < 4.78 is 0. The molecule has 0 unspecified atom stereocenters. The standard InChI is InChI=1S/C16H20N2O.C7H8O/c1-4-15(16(17)19)9-8-13(3)18-11-14-7-5-6-12(2)10-14;1-6-3-2-4-7(8)5-6/h4-10,18H,1,11H2,2-3H3,(H2,17,19);2-5,8H,1H3/b13-8+,15-9+;. The third-order valence-corrected chi connectivity index (χ3v) is 3.67. The molecule has 2 aromatic carbocycles. The molecule has 0 fully saturated rings. The van der Waals surface area contributed by atoms with Crippen molar-refractivity contribution < 1.29 is 9.90 Å². The second-order valence-electron chi connectivity index (χ2n) is 6.22. The van der Waals surface area contributed by atoms with Gasteiger partial charge >= 0.3 is 0 Å². The maximum Gasteiger partial charge on any atom is 0.248 e. The number of nitrogens with one attached hydrogen (secondary N) is 1. The quantitative estimate of drug-likeness (QED) is 0.529. The minimum atomic E-state index is -0.474. The number of rotatable bonds is 6. The van der Waals surface area contributed by atoms with Crippen LogP contribution in [-0.4, -0.2) is 11.0 Å². The molecule has 27 heavy (non-hydrogen) atoms. The van der Waals surface area contributed by atoms with Gasteiger partial charge in [-0.1, -0.05) is 54.6 Å². The van der Waals surface area contributed by atoms with Gasteiger partial charge in [-0.2, -0.15) is 0 Å². The topological polar surface area (TPSA) is 75.3 Å². The van der Waals surface area contributed by atoms with E-state index in [9.17, 15) is 4.79 Å². The lowest BCUT2D eigenvalue weighted by Crippen LogP contribution is -2.13. The van der Waals surface area contributed by atoms with Gasteiger partial charge in [0.25, 0.3) is 0 Å². The second kappa shape index (κ2) is 11.4. The smallest absolute Gasteiger partial charge is 0.248 e. The number of hydrogen-bond acceptors (Lipinski definition) is 3. The van der Waals surface area contributed by atoms with E-state index in [-0.39, 0.29) is 0 Å². The number of primary amides is 1. The molecule has 0 heterocycles. The van der Waals surface area contributed by atoms with Crippen molar-refractivity contribution in [2.24, 2.45) is 5.73 Å². The highest BCUT2D eigenvalue weighted by atomic mass is 16.3. The summed E-state index contributed by atoms with van der Waals surface area (Å²) >= 11 is 0. The Labute approximate surface area is 161 Å². The van der Waals surface area contributed by atoms with Crippen molar-refractivity contribution in [2.75, 3.05) is 0 Å². The largest absolute Gasteiger partial charge is 0.508 e. The van der Waals surface area contributed by atoms with Crippen LogP contribution in [0.4, 0.5) is 0 Å². The number of amides is 1. The Morgan fingerprint density at radius 1 is 1.11 bits per heavy atom. The molecule has 2 aromatic rings. The number of allylic oxidation sites excluding steroid dienone is 3. The second-order valence-corrected chi connectivity index (χ2v) is 6.22. The number of benzene rings is 2. The van der Waals surface area contributed by atoms with Gasteiger partial charge in [-0.25, -0.2) is 0 Å². The van der Waals surface area contributed by atoms with E-state index < -0.39 is 5.91 Å². The lowest BCUT2D eigenvalue weighted by atomic mass is 10.1. The molecule has 0 aromatic heterocycles. The van der Waals surface area contributed by atoms with Crippen molar-refractivity contribution in [1.82, 2.24) is 5.32 Å². The summed E-state index contributed by atoms with van der Waals surface area (Å²) in [7, 11) is 0. The fourth-order valence-electron chi connectivity index (χ4n) is 2.22. The number of hydrogen-bond donors (Lipinski definition) is 3. The molecular formula is C23H28N2O2. The molecule has 0 saturated carbocycles. The highest BCUT2D eigenvalue weighted by molar-refractivity contribution is 5.94. The zero-order valence-corrected chi connectivity index (χ0v) is 16.2. The highest BCUT2D eigenvalue weighted by Crippen LogP contribution is 2.08. The number of carbonyl (C=O) groups excluding carboxylic acids is 1. The van der Waals surface area contributed by atoms with Crippen LogP contribution in [0.1, 0.15) is 23.6 Å². The number of carbonyl (C=O) groups is 1. The third kappa shape index (κ3) is 9.12. The summed E-state index contributed by atoms with van der Waals surface area (Å²) in [6, 6.07) is 15.5. The fraction of sp³-hybridized carbons (Fsp3) is 0.174. The summed E-state index contributed by atoms with van der Waals surface area (Å²) in [5.74, 6) is -0.136. The van der Waals surface area contributed by atoms with E-state index in [0.29, 0.717) is 11.3 Å². The molecule has 4 heteroatoms. The van der Waals surface area contributed by atoms with Crippen LogP contribution in [0.15, 0.2) is 84.6 Å². The Balaban J connectivity index is 0.000000377. The maximum atomic E-state index is 11.0. The van der Waals surface area contributed by atoms with E-state index in [0.717, 1.165) is 17.8 Å². The summed E-state index contributed by atoms with van der Waals surface area (Å²) in [6.07, 6.45) is 4.93. The zero-order valence-electron chi connectivity index (χ0n) is 16.2. The first-order valence-electron chi connectivity index (χ1n) is 8.67. The predicted molar refractivity (Wildman–Crippen MR) is 112 cm³/mol. The molecule has 0 radical (unpaired) electrons. The molecule has 4 nitrogen and oxygen atoms in total. The maximum absolute atomic E-state index is 11.0. The Bertz CT molecular complexity index is 819. The van der Waals surface area contributed by atoms with Gasteiger partial charge in [-0.3, -0.25) is 4.79 Å². The van der Waals surface area contributed by atoms with Crippen molar-refractivity contribution in [3.8, 4) is 5.75 Å². The summed E-state index contributed by atoms with van der Waals surface area (Å²) in [6.45, 7) is 10.2. The molecule has 1 amide bonds. The average Bonchev–Trinajstić information content (AvgIpc) is 2.60. The molecule has 0 aliphatic carbocycles. The molecular weight excluding hydrogens is 336 g/mol. The molecule has 0 atom stereocenters. The number of phenolic OH excluding ortho intramolecular Hbond substituents is 1. The zero-order chi connectivity index (χ0) is 20.2. The van der Waals surface area contributed by atoms with Gasteiger partial charge in [-0.05, 0) is 56.2 Å². The SMILES string of the molecule is C=C/C(=C\C=C(/C)NCc1cccc(C)c1)C(N)=O.Cc1cccc(O)c1.